The molecule has 0 aromatic rings. The van der Waals surface area contributed by atoms with E-state index in [1.54, 1.807) is 27.7 Å². The van der Waals surface area contributed by atoms with Crippen molar-refractivity contribution in [1.29, 1.82) is 0 Å². The molecule has 3 rings (SSSR count). The molecule has 0 spiro atoms. The number of likely N-dealkylation sites (tertiary alicyclic amines) is 1. The van der Waals surface area contributed by atoms with E-state index in [1.807, 2.05) is 0 Å². The molecule has 3 aliphatic rings. The average Bonchev–Trinajstić information content (AvgIpc) is 3.14. The van der Waals surface area contributed by atoms with Gasteiger partial charge in [-0.3, -0.25) is 19.2 Å². The SMILES string of the molecule is CCCC(NC(=O)C1C2C(CN1C(=O)C(NC(=O)OC(C)(C)C)C1CCCCC1)C2(Cl)Cl)C(=O)C(N)=O. The van der Waals surface area contributed by atoms with E-state index in [0.717, 1.165) is 32.1 Å². The minimum absolute atomic E-state index is 0.115. The van der Waals surface area contributed by atoms with Gasteiger partial charge in [0.1, 0.15) is 22.0 Å². The first-order valence-electron chi connectivity index (χ1n) is 13.0. The summed E-state index contributed by atoms with van der Waals surface area (Å²) in [6.45, 7) is 7.14. The minimum atomic E-state index is -1.19. The van der Waals surface area contributed by atoms with Crippen LogP contribution in [0.4, 0.5) is 4.79 Å². The van der Waals surface area contributed by atoms with E-state index in [2.05, 4.69) is 10.6 Å². The summed E-state index contributed by atoms with van der Waals surface area (Å²) in [4.78, 5) is 65.3. The monoisotopic (exact) mass is 560 g/mol. The number of ketones is 1. The number of hydrogen-bond acceptors (Lipinski definition) is 6. The average molecular weight is 562 g/mol. The van der Waals surface area contributed by atoms with Gasteiger partial charge < -0.3 is 26.0 Å². The topological polar surface area (TPSA) is 148 Å². The van der Waals surface area contributed by atoms with Gasteiger partial charge in [-0.15, -0.1) is 23.2 Å². The van der Waals surface area contributed by atoms with E-state index < -0.39 is 63.6 Å². The van der Waals surface area contributed by atoms with Crippen LogP contribution in [-0.2, 0) is 23.9 Å². The molecule has 10 nitrogen and oxygen atoms in total. The largest absolute Gasteiger partial charge is 0.444 e. The zero-order valence-corrected chi connectivity index (χ0v) is 23.4. The smallest absolute Gasteiger partial charge is 0.408 e. The molecule has 5 unspecified atom stereocenters. The van der Waals surface area contributed by atoms with Gasteiger partial charge >= 0.3 is 6.09 Å². The van der Waals surface area contributed by atoms with Crippen LogP contribution < -0.4 is 16.4 Å². The predicted octanol–water partition coefficient (Wildman–Crippen LogP) is 2.43. The second-order valence-electron chi connectivity index (χ2n) is 11.3. The third-order valence-electron chi connectivity index (χ3n) is 7.40. The Balaban J connectivity index is 1.85. The number of alkyl halides is 2. The van der Waals surface area contributed by atoms with Crippen LogP contribution in [0.1, 0.15) is 72.6 Å². The van der Waals surface area contributed by atoms with E-state index in [0.29, 0.717) is 6.42 Å². The van der Waals surface area contributed by atoms with E-state index in [-0.39, 0.29) is 24.8 Å². The second kappa shape index (κ2) is 11.4. The van der Waals surface area contributed by atoms with Crippen molar-refractivity contribution in [2.24, 2.45) is 23.5 Å². The van der Waals surface area contributed by atoms with Crippen LogP contribution in [0, 0.1) is 17.8 Å². The predicted molar refractivity (Wildman–Crippen MR) is 138 cm³/mol. The summed E-state index contributed by atoms with van der Waals surface area (Å²) in [5, 5.41) is 5.36. The number of halogens is 2. The summed E-state index contributed by atoms with van der Waals surface area (Å²) in [5.74, 6) is -4.09. The fourth-order valence-electron chi connectivity index (χ4n) is 5.58. The van der Waals surface area contributed by atoms with Crippen LogP contribution >= 0.6 is 23.2 Å². The lowest BCUT2D eigenvalue weighted by Gasteiger charge is -2.36. The number of alkyl carbamates (subject to hydrolysis) is 1. The fourth-order valence-corrected chi connectivity index (χ4v) is 6.41. The fraction of sp³-hybridized carbons (Fsp3) is 0.800. The van der Waals surface area contributed by atoms with E-state index in [9.17, 15) is 24.0 Å². The summed E-state index contributed by atoms with van der Waals surface area (Å²) in [7, 11) is 0. The first-order chi connectivity index (χ1) is 17.2. The van der Waals surface area contributed by atoms with Crippen molar-refractivity contribution >= 4 is 52.8 Å². The molecule has 0 radical (unpaired) electrons. The minimum Gasteiger partial charge on any atom is -0.444 e. The van der Waals surface area contributed by atoms with Gasteiger partial charge in [0.25, 0.3) is 5.91 Å². The molecule has 1 aliphatic heterocycles. The summed E-state index contributed by atoms with van der Waals surface area (Å²) >= 11 is 12.9. The highest BCUT2D eigenvalue weighted by Crippen LogP contribution is 2.65. The van der Waals surface area contributed by atoms with Crippen molar-refractivity contribution in [3.63, 3.8) is 0 Å². The first kappa shape index (κ1) is 29.5. The van der Waals surface area contributed by atoms with Crippen molar-refractivity contribution in [3.05, 3.63) is 0 Å². The van der Waals surface area contributed by atoms with Crippen molar-refractivity contribution < 1.29 is 28.7 Å². The van der Waals surface area contributed by atoms with E-state index in [1.165, 1.54) is 4.90 Å². The summed E-state index contributed by atoms with van der Waals surface area (Å²) < 4.78 is 4.23. The number of rotatable bonds is 9. The Kier molecular flexibility index (Phi) is 9.05. The molecular weight excluding hydrogens is 523 g/mol. The second-order valence-corrected chi connectivity index (χ2v) is 12.8. The third kappa shape index (κ3) is 6.69. The van der Waals surface area contributed by atoms with Gasteiger partial charge in [0.15, 0.2) is 0 Å². The first-order valence-corrected chi connectivity index (χ1v) is 13.8. The number of nitrogens with zero attached hydrogens (tertiary/aromatic N) is 1. The lowest BCUT2D eigenvalue weighted by molar-refractivity contribution is -0.144. The number of carbonyl (C=O) groups is 5. The van der Waals surface area contributed by atoms with Gasteiger partial charge in [0, 0.05) is 18.4 Å². The standard InChI is InChI=1S/C25H38Cl2N4O6/c1-5-9-15(19(32)20(28)33)29-21(34)18-16-14(25(16,26)27)12-31(18)22(35)17(13-10-7-6-8-11-13)30-23(36)37-24(2,3)4/h13-18H,5-12H2,1-4H3,(H2,28,33)(H,29,34)(H,30,36). The highest BCUT2D eigenvalue weighted by molar-refractivity contribution is 6.51. The number of primary amides is 1. The van der Waals surface area contributed by atoms with Crippen molar-refractivity contribution in [2.45, 2.75) is 101 Å². The molecular formula is C25H38Cl2N4O6. The maximum Gasteiger partial charge on any atom is 0.408 e. The van der Waals surface area contributed by atoms with Crippen LogP contribution in [-0.4, -0.2) is 69.1 Å². The lowest BCUT2D eigenvalue weighted by atomic mass is 9.83. The number of carbonyl (C=O) groups excluding carboxylic acids is 5. The Morgan fingerprint density at radius 1 is 1.08 bits per heavy atom. The Hall–Kier alpha value is -2.07. The molecule has 208 valence electrons. The van der Waals surface area contributed by atoms with Gasteiger partial charge in [-0.25, -0.2) is 4.79 Å². The third-order valence-corrected chi connectivity index (χ3v) is 8.46. The zero-order valence-electron chi connectivity index (χ0n) is 21.9. The molecule has 2 aliphatic carbocycles. The Morgan fingerprint density at radius 2 is 1.70 bits per heavy atom. The number of ether oxygens (including phenoxy) is 1. The molecule has 0 aromatic heterocycles. The Morgan fingerprint density at radius 3 is 2.24 bits per heavy atom. The van der Waals surface area contributed by atoms with Crippen molar-refractivity contribution in [3.8, 4) is 0 Å². The van der Waals surface area contributed by atoms with Gasteiger partial charge in [0.2, 0.25) is 17.6 Å². The zero-order chi connectivity index (χ0) is 27.7. The summed E-state index contributed by atoms with van der Waals surface area (Å²) in [6, 6.07) is -3.06. The Labute approximate surface area is 227 Å². The normalized spacial score (nSPS) is 26.4. The molecule has 4 N–H and O–H groups in total. The van der Waals surface area contributed by atoms with Gasteiger partial charge in [-0.1, -0.05) is 32.6 Å². The molecule has 3 fully saturated rings. The molecule has 0 bridgehead atoms. The maximum atomic E-state index is 13.9. The van der Waals surface area contributed by atoms with Gasteiger partial charge in [0.05, 0.1) is 6.04 Å². The van der Waals surface area contributed by atoms with Crippen LogP contribution in [0.5, 0.6) is 0 Å². The summed E-state index contributed by atoms with van der Waals surface area (Å²) in [5.41, 5.74) is 4.41. The highest BCUT2D eigenvalue weighted by Gasteiger charge is 2.74. The number of piperidine rings is 1. The van der Waals surface area contributed by atoms with Crippen LogP contribution in [0.2, 0.25) is 0 Å². The van der Waals surface area contributed by atoms with Crippen molar-refractivity contribution in [2.75, 3.05) is 6.54 Å². The molecule has 0 aromatic carbocycles. The molecule has 5 atom stereocenters. The molecule has 1 saturated heterocycles. The quantitative estimate of drug-likeness (QED) is 0.291. The summed E-state index contributed by atoms with van der Waals surface area (Å²) in [6.07, 6.45) is 4.44. The number of amides is 4. The molecule has 4 amide bonds. The Bertz CT molecular complexity index is 931. The van der Waals surface area contributed by atoms with Crippen LogP contribution in [0.3, 0.4) is 0 Å². The molecule has 2 saturated carbocycles. The van der Waals surface area contributed by atoms with Gasteiger partial charge in [-0.2, -0.15) is 0 Å². The molecule has 1 heterocycles. The number of hydrogen-bond donors (Lipinski definition) is 3. The van der Waals surface area contributed by atoms with Gasteiger partial charge in [-0.05, 0) is 46.0 Å². The number of Topliss-reactive ketones (excluding diaryl/α,β-unsaturated/α-hetero) is 1. The number of nitrogens with two attached hydrogens (primary N) is 1. The highest BCUT2D eigenvalue weighted by atomic mass is 35.5. The van der Waals surface area contributed by atoms with E-state index >= 15 is 0 Å². The number of fused-ring (bicyclic) bond motifs is 1. The maximum absolute atomic E-state index is 13.9. The van der Waals surface area contributed by atoms with E-state index in [4.69, 9.17) is 33.7 Å². The molecule has 37 heavy (non-hydrogen) atoms. The molecule has 12 heteroatoms. The lowest BCUT2D eigenvalue weighted by Crippen LogP contribution is -2.59. The van der Waals surface area contributed by atoms with Crippen molar-refractivity contribution in [1.82, 2.24) is 15.5 Å². The number of nitrogens with one attached hydrogen (secondary N) is 2. The van der Waals surface area contributed by atoms with Crippen LogP contribution in [0.15, 0.2) is 0 Å². The van der Waals surface area contributed by atoms with Crippen LogP contribution in [0.25, 0.3) is 0 Å².